The Morgan fingerprint density at radius 3 is 2.61 bits per heavy atom. The SMILES string of the molecule is CCOC(=O)c1ccc(NC(=N[C@H]2C[C@H]3C[C@@H]([C@@H]2C)C3(C)C)N2CCN[C@@H](C)C2)cc1. The fourth-order valence-corrected chi connectivity index (χ4v) is 5.80. The van der Waals surface area contributed by atoms with Gasteiger partial charge in [-0.25, -0.2) is 9.79 Å². The van der Waals surface area contributed by atoms with E-state index >= 15 is 0 Å². The van der Waals surface area contributed by atoms with Gasteiger partial charge < -0.3 is 20.3 Å². The third kappa shape index (κ3) is 4.45. The van der Waals surface area contributed by atoms with Crippen LogP contribution in [-0.4, -0.2) is 55.2 Å². The Balaban J connectivity index is 1.54. The number of fused-ring (bicyclic) bond motifs is 2. The summed E-state index contributed by atoms with van der Waals surface area (Å²) < 4.78 is 5.10. The molecule has 4 aliphatic rings. The van der Waals surface area contributed by atoms with Gasteiger partial charge in [-0.3, -0.25) is 0 Å². The Bertz CT molecular complexity index is 819. The number of aliphatic imine (C=N–C) groups is 1. The molecule has 1 heterocycles. The molecular formula is C25H38N4O2. The minimum absolute atomic E-state index is 0.281. The number of piperazine rings is 1. The third-order valence-corrected chi connectivity index (χ3v) is 7.92. The van der Waals surface area contributed by atoms with Crippen LogP contribution in [0.15, 0.2) is 29.3 Å². The molecule has 0 radical (unpaired) electrons. The molecule has 0 spiro atoms. The normalized spacial score (nSPS) is 32.2. The van der Waals surface area contributed by atoms with E-state index in [-0.39, 0.29) is 5.97 Å². The molecule has 1 aromatic rings. The second-order valence-electron chi connectivity index (χ2n) is 10.2. The fraction of sp³-hybridized carbons (Fsp3) is 0.680. The van der Waals surface area contributed by atoms with Gasteiger partial charge in [0.05, 0.1) is 18.2 Å². The predicted molar refractivity (Wildman–Crippen MR) is 125 cm³/mol. The number of carbonyl (C=O) groups is 1. The van der Waals surface area contributed by atoms with E-state index in [9.17, 15) is 4.79 Å². The largest absolute Gasteiger partial charge is 0.462 e. The zero-order chi connectivity index (χ0) is 22.2. The van der Waals surface area contributed by atoms with E-state index in [1.807, 2.05) is 31.2 Å². The number of nitrogens with one attached hydrogen (secondary N) is 2. The molecule has 2 bridgehead atoms. The maximum Gasteiger partial charge on any atom is 0.338 e. The lowest BCUT2D eigenvalue weighted by Gasteiger charge is -2.61. The highest BCUT2D eigenvalue weighted by Gasteiger charge is 2.56. The van der Waals surface area contributed by atoms with E-state index in [0.29, 0.717) is 35.6 Å². The summed E-state index contributed by atoms with van der Waals surface area (Å²) in [5.74, 6) is 2.84. The van der Waals surface area contributed by atoms with Crippen molar-refractivity contribution >= 4 is 17.6 Å². The van der Waals surface area contributed by atoms with Crippen LogP contribution >= 0.6 is 0 Å². The molecule has 2 N–H and O–H groups in total. The topological polar surface area (TPSA) is 66.0 Å². The van der Waals surface area contributed by atoms with Crippen molar-refractivity contribution in [1.82, 2.24) is 10.2 Å². The van der Waals surface area contributed by atoms with E-state index in [0.717, 1.165) is 43.1 Å². The molecule has 5 atom stereocenters. The van der Waals surface area contributed by atoms with E-state index in [1.165, 1.54) is 12.8 Å². The van der Waals surface area contributed by atoms with Crippen LogP contribution in [0.1, 0.15) is 57.8 Å². The van der Waals surface area contributed by atoms with Gasteiger partial charge in [-0.1, -0.05) is 20.8 Å². The molecule has 31 heavy (non-hydrogen) atoms. The van der Waals surface area contributed by atoms with Crippen LogP contribution in [0.25, 0.3) is 0 Å². The number of anilines is 1. The summed E-state index contributed by atoms with van der Waals surface area (Å²) in [6.45, 7) is 14.5. The summed E-state index contributed by atoms with van der Waals surface area (Å²) in [6.07, 6.45) is 2.54. The summed E-state index contributed by atoms with van der Waals surface area (Å²) >= 11 is 0. The average molecular weight is 427 g/mol. The van der Waals surface area contributed by atoms with Gasteiger partial charge in [0.1, 0.15) is 0 Å². The van der Waals surface area contributed by atoms with Gasteiger partial charge in [-0.15, -0.1) is 0 Å². The summed E-state index contributed by atoms with van der Waals surface area (Å²) in [6, 6.07) is 8.32. The number of rotatable bonds is 4. The molecule has 6 heteroatoms. The molecule has 1 aromatic carbocycles. The Hall–Kier alpha value is -2.08. The molecule has 6 nitrogen and oxygen atoms in total. The van der Waals surface area contributed by atoms with Crippen molar-refractivity contribution in [1.29, 1.82) is 0 Å². The molecule has 3 saturated carbocycles. The van der Waals surface area contributed by atoms with E-state index < -0.39 is 0 Å². The van der Waals surface area contributed by atoms with E-state index in [4.69, 9.17) is 9.73 Å². The molecular weight excluding hydrogens is 388 g/mol. The number of hydrogen-bond donors (Lipinski definition) is 2. The zero-order valence-corrected chi connectivity index (χ0v) is 19.6. The van der Waals surface area contributed by atoms with Crippen molar-refractivity contribution in [2.75, 3.05) is 31.6 Å². The van der Waals surface area contributed by atoms with E-state index in [2.05, 4.69) is 43.2 Å². The van der Waals surface area contributed by atoms with Gasteiger partial charge in [0, 0.05) is 31.4 Å². The Morgan fingerprint density at radius 2 is 2.00 bits per heavy atom. The second-order valence-corrected chi connectivity index (χ2v) is 10.2. The maximum absolute atomic E-state index is 12.0. The molecule has 0 amide bonds. The second kappa shape index (κ2) is 8.81. The first-order valence-electron chi connectivity index (χ1n) is 11.9. The van der Waals surface area contributed by atoms with Crippen LogP contribution in [0, 0.1) is 23.2 Å². The number of hydrogen-bond acceptors (Lipinski definition) is 4. The van der Waals surface area contributed by atoms with Crippen molar-refractivity contribution in [3.8, 4) is 0 Å². The molecule has 1 aliphatic heterocycles. The molecule has 0 unspecified atom stereocenters. The summed E-state index contributed by atoms with van der Waals surface area (Å²) in [7, 11) is 0. The van der Waals surface area contributed by atoms with Gasteiger partial charge in [-0.2, -0.15) is 0 Å². The lowest BCUT2D eigenvalue weighted by atomic mass is 9.45. The lowest BCUT2D eigenvalue weighted by molar-refractivity contribution is -0.108. The van der Waals surface area contributed by atoms with E-state index in [1.54, 1.807) is 0 Å². The van der Waals surface area contributed by atoms with Crippen molar-refractivity contribution in [3.63, 3.8) is 0 Å². The highest BCUT2D eigenvalue weighted by atomic mass is 16.5. The van der Waals surface area contributed by atoms with Gasteiger partial charge in [0.15, 0.2) is 5.96 Å². The van der Waals surface area contributed by atoms with Crippen molar-refractivity contribution < 1.29 is 9.53 Å². The first-order chi connectivity index (χ1) is 14.8. The average Bonchev–Trinajstić information content (AvgIpc) is 2.74. The standard InChI is InChI=1S/C25H38N4O2/c1-6-31-23(30)18-7-9-20(10-8-18)27-24(29-12-11-26-16(2)15-29)28-22-14-19-13-21(17(22)3)25(19,4)5/h7-10,16-17,19,21-22,26H,6,11-15H2,1-5H3,(H,27,28)/t16-,17-,19+,21-,22-/m0/s1. The number of guanidine groups is 1. The molecule has 4 fully saturated rings. The van der Waals surface area contributed by atoms with Crippen molar-refractivity contribution in [2.45, 2.75) is 59.5 Å². The minimum atomic E-state index is -0.281. The number of ether oxygens (including phenoxy) is 1. The van der Waals surface area contributed by atoms with Crippen LogP contribution in [0.4, 0.5) is 5.69 Å². The van der Waals surface area contributed by atoms with Crippen LogP contribution < -0.4 is 10.6 Å². The molecule has 5 rings (SSSR count). The zero-order valence-electron chi connectivity index (χ0n) is 19.6. The van der Waals surface area contributed by atoms with Gasteiger partial charge >= 0.3 is 5.97 Å². The fourth-order valence-electron chi connectivity index (χ4n) is 5.80. The maximum atomic E-state index is 12.0. The minimum Gasteiger partial charge on any atom is -0.462 e. The molecule has 0 aromatic heterocycles. The van der Waals surface area contributed by atoms with Gasteiger partial charge in [0.25, 0.3) is 0 Å². The molecule has 3 aliphatic carbocycles. The Labute approximate surface area is 186 Å². The van der Waals surface area contributed by atoms with Crippen LogP contribution in [-0.2, 0) is 4.74 Å². The van der Waals surface area contributed by atoms with Gasteiger partial charge in [0.2, 0.25) is 0 Å². The summed E-state index contributed by atoms with van der Waals surface area (Å²) in [5, 5.41) is 7.11. The molecule has 170 valence electrons. The quantitative estimate of drug-likeness (QED) is 0.433. The third-order valence-electron chi connectivity index (χ3n) is 7.92. The summed E-state index contributed by atoms with van der Waals surface area (Å²) in [5.41, 5.74) is 1.99. The van der Waals surface area contributed by atoms with Crippen LogP contribution in [0.5, 0.6) is 0 Å². The number of esters is 1. The molecule has 1 saturated heterocycles. The predicted octanol–water partition coefficient (Wildman–Crippen LogP) is 4.00. The highest BCUT2D eigenvalue weighted by Crippen LogP contribution is 2.61. The number of nitrogens with zero attached hydrogens (tertiary/aromatic N) is 2. The first kappa shape index (κ1) is 22.1. The monoisotopic (exact) mass is 426 g/mol. The van der Waals surface area contributed by atoms with Crippen molar-refractivity contribution in [2.24, 2.45) is 28.2 Å². The first-order valence-corrected chi connectivity index (χ1v) is 11.9. The smallest absolute Gasteiger partial charge is 0.338 e. The van der Waals surface area contributed by atoms with Crippen LogP contribution in [0.3, 0.4) is 0 Å². The van der Waals surface area contributed by atoms with Crippen LogP contribution in [0.2, 0.25) is 0 Å². The highest BCUT2D eigenvalue weighted by molar-refractivity contribution is 5.95. The Morgan fingerprint density at radius 1 is 1.26 bits per heavy atom. The number of benzene rings is 1. The number of carbonyl (C=O) groups excluding carboxylic acids is 1. The lowest BCUT2D eigenvalue weighted by Crippen LogP contribution is -2.57. The summed E-state index contributed by atoms with van der Waals surface area (Å²) in [4.78, 5) is 19.7. The Kier molecular flexibility index (Phi) is 6.29. The van der Waals surface area contributed by atoms with Crippen molar-refractivity contribution in [3.05, 3.63) is 29.8 Å². The van der Waals surface area contributed by atoms with Gasteiger partial charge in [-0.05, 0) is 74.1 Å².